The van der Waals surface area contributed by atoms with E-state index < -0.39 is 5.69 Å². The van der Waals surface area contributed by atoms with E-state index in [0.29, 0.717) is 18.9 Å². The molecule has 7 heteroatoms. The molecule has 0 amide bonds. The lowest BCUT2D eigenvalue weighted by Crippen LogP contribution is -2.50. The first-order chi connectivity index (χ1) is 8.40. The molecule has 7 nitrogen and oxygen atoms in total. The third-order valence-corrected chi connectivity index (χ3v) is 3.02. The highest BCUT2D eigenvalue weighted by Gasteiger charge is 2.26. The van der Waals surface area contributed by atoms with Crippen molar-refractivity contribution in [2.24, 2.45) is 14.1 Å². The van der Waals surface area contributed by atoms with Crippen LogP contribution in [-0.4, -0.2) is 39.6 Å². The van der Waals surface area contributed by atoms with E-state index in [1.807, 2.05) is 18.7 Å². The van der Waals surface area contributed by atoms with Crippen molar-refractivity contribution in [2.45, 2.75) is 26.1 Å². The van der Waals surface area contributed by atoms with Crippen molar-refractivity contribution in [1.82, 2.24) is 14.3 Å². The van der Waals surface area contributed by atoms with E-state index in [1.165, 1.54) is 11.7 Å². The van der Waals surface area contributed by atoms with Crippen LogP contribution in [0.5, 0.6) is 0 Å². The number of hydrogen-bond donors (Lipinski definition) is 0. The summed E-state index contributed by atoms with van der Waals surface area (Å²) in [6.45, 7) is 5.11. The Morgan fingerprint density at radius 2 is 1.72 bits per heavy atom. The molecule has 0 aromatic carbocycles. The highest BCUT2D eigenvalue weighted by Crippen LogP contribution is 2.14. The van der Waals surface area contributed by atoms with E-state index >= 15 is 0 Å². The van der Waals surface area contributed by atoms with Crippen LogP contribution in [0.25, 0.3) is 0 Å². The Bertz CT molecular complexity index is 552. The lowest BCUT2D eigenvalue weighted by molar-refractivity contribution is -0.00567. The molecule has 0 aliphatic carbocycles. The van der Waals surface area contributed by atoms with E-state index in [9.17, 15) is 9.59 Å². The van der Waals surface area contributed by atoms with Crippen molar-refractivity contribution in [3.63, 3.8) is 0 Å². The molecule has 1 aliphatic rings. The first-order valence-corrected chi connectivity index (χ1v) is 5.95. The van der Waals surface area contributed by atoms with Gasteiger partial charge >= 0.3 is 5.69 Å². The predicted octanol–water partition coefficient (Wildman–Crippen LogP) is -0.907. The molecule has 0 bridgehead atoms. The molecule has 2 heterocycles. The van der Waals surface area contributed by atoms with Crippen LogP contribution in [0.1, 0.15) is 13.8 Å². The van der Waals surface area contributed by atoms with E-state index in [1.54, 1.807) is 7.05 Å². The van der Waals surface area contributed by atoms with Crippen LogP contribution in [0.2, 0.25) is 0 Å². The lowest BCUT2D eigenvalue weighted by Gasteiger charge is -2.35. The smallest absolute Gasteiger partial charge is 0.346 e. The Balaban J connectivity index is 2.45. The van der Waals surface area contributed by atoms with Crippen LogP contribution in [-0.2, 0) is 18.8 Å². The molecule has 1 aliphatic heterocycles. The number of aromatic nitrogens is 3. The Hall–Kier alpha value is -1.63. The third kappa shape index (κ3) is 2.17. The molecule has 1 saturated heterocycles. The summed E-state index contributed by atoms with van der Waals surface area (Å²) in [5, 5.41) is 4.07. The summed E-state index contributed by atoms with van der Waals surface area (Å²) in [5.41, 5.74) is -0.780. The molecule has 0 spiro atoms. The van der Waals surface area contributed by atoms with Crippen molar-refractivity contribution < 1.29 is 4.74 Å². The molecule has 2 atom stereocenters. The Labute approximate surface area is 105 Å². The molecule has 2 rings (SSSR count). The summed E-state index contributed by atoms with van der Waals surface area (Å²) in [6, 6.07) is 0. The summed E-state index contributed by atoms with van der Waals surface area (Å²) in [6.07, 6.45) is 0.0787. The van der Waals surface area contributed by atoms with Crippen LogP contribution >= 0.6 is 0 Å². The van der Waals surface area contributed by atoms with Gasteiger partial charge in [0.1, 0.15) is 0 Å². The fourth-order valence-corrected chi connectivity index (χ4v) is 2.23. The maximum atomic E-state index is 12.1. The van der Waals surface area contributed by atoms with Gasteiger partial charge in [-0.25, -0.2) is 9.48 Å². The van der Waals surface area contributed by atoms with Gasteiger partial charge in [0, 0.05) is 27.2 Å². The number of hydrogen-bond acceptors (Lipinski definition) is 5. The number of aryl methyl sites for hydroxylation is 1. The second-order valence-corrected chi connectivity index (χ2v) is 4.76. The molecule has 1 aromatic rings. The van der Waals surface area contributed by atoms with E-state index in [0.717, 1.165) is 4.57 Å². The first kappa shape index (κ1) is 12.8. The molecule has 100 valence electrons. The maximum Gasteiger partial charge on any atom is 0.346 e. The molecule has 1 aromatic heterocycles. The van der Waals surface area contributed by atoms with Gasteiger partial charge < -0.3 is 9.64 Å². The topological polar surface area (TPSA) is 69.4 Å². The summed E-state index contributed by atoms with van der Waals surface area (Å²) in [5.74, 6) is 0.307. The number of ether oxygens (including phenoxy) is 1. The SMILES string of the molecule is C[C@@H]1CN(c2nn(C)c(=O)n(C)c2=O)C[C@@H](C)O1. The highest BCUT2D eigenvalue weighted by atomic mass is 16.5. The molecular formula is C11H18N4O3. The van der Waals surface area contributed by atoms with Gasteiger partial charge in [-0.3, -0.25) is 9.36 Å². The first-order valence-electron chi connectivity index (χ1n) is 5.95. The van der Waals surface area contributed by atoms with Crippen LogP contribution in [0.15, 0.2) is 9.59 Å². The highest BCUT2D eigenvalue weighted by molar-refractivity contribution is 5.35. The normalized spacial score (nSPS) is 24.3. The van der Waals surface area contributed by atoms with Crippen LogP contribution in [0, 0.1) is 0 Å². The van der Waals surface area contributed by atoms with Crippen molar-refractivity contribution in [2.75, 3.05) is 18.0 Å². The summed E-state index contributed by atoms with van der Waals surface area (Å²) >= 11 is 0. The van der Waals surface area contributed by atoms with Crippen molar-refractivity contribution in [3.8, 4) is 0 Å². The number of rotatable bonds is 1. The van der Waals surface area contributed by atoms with Gasteiger partial charge in [-0.15, -0.1) is 5.10 Å². The van der Waals surface area contributed by atoms with Gasteiger partial charge in [0.15, 0.2) is 0 Å². The van der Waals surface area contributed by atoms with Crippen molar-refractivity contribution in [3.05, 3.63) is 20.8 Å². The average Bonchev–Trinajstić information content (AvgIpc) is 2.30. The Kier molecular flexibility index (Phi) is 3.25. The zero-order valence-corrected chi connectivity index (χ0v) is 11.1. The summed E-state index contributed by atoms with van der Waals surface area (Å²) < 4.78 is 7.87. The zero-order valence-electron chi connectivity index (χ0n) is 11.1. The molecule has 1 fully saturated rings. The van der Waals surface area contributed by atoms with Crippen LogP contribution in [0.3, 0.4) is 0 Å². The Morgan fingerprint density at radius 1 is 1.17 bits per heavy atom. The lowest BCUT2D eigenvalue weighted by atomic mass is 10.2. The second-order valence-electron chi connectivity index (χ2n) is 4.76. The third-order valence-electron chi connectivity index (χ3n) is 3.02. The van der Waals surface area contributed by atoms with Crippen LogP contribution < -0.4 is 16.1 Å². The van der Waals surface area contributed by atoms with Gasteiger partial charge in [-0.2, -0.15) is 0 Å². The fraction of sp³-hybridized carbons (Fsp3) is 0.727. The van der Waals surface area contributed by atoms with E-state index in [2.05, 4.69) is 5.10 Å². The van der Waals surface area contributed by atoms with E-state index in [4.69, 9.17) is 4.74 Å². The molecule has 0 unspecified atom stereocenters. The van der Waals surface area contributed by atoms with Crippen LogP contribution in [0.4, 0.5) is 5.82 Å². The second kappa shape index (κ2) is 4.56. The zero-order chi connectivity index (χ0) is 13.4. The Morgan fingerprint density at radius 3 is 2.28 bits per heavy atom. The van der Waals surface area contributed by atoms with Crippen molar-refractivity contribution in [1.29, 1.82) is 0 Å². The van der Waals surface area contributed by atoms with E-state index in [-0.39, 0.29) is 17.8 Å². The minimum absolute atomic E-state index is 0.0393. The van der Waals surface area contributed by atoms with Gasteiger partial charge in [-0.05, 0) is 13.8 Å². The van der Waals surface area contributed by atoms with Gasteiger partial charge in [0.25, 0.3) is 5.56 Å². The van der Waals surface area contributed by atoms with Gasteiger partial charge in [-0.1, -0.05) is 0 Å². The minimum Gasteiger partial charge on any atom is -0.372 e. The average molecular weight is 254 g/mol. The summed E-state index contributed by atoms with van der Waals surface area (Å²) in [7, 11) is 3.00. The number of morpholine rings is 1. The minimum atomic E-state index is -0.418. The monoisotopic (exact) mass is 254 g/mol. The largest absolute Gasteiger partial charge is 0.372 e. The van der Waals surface area contributed by atoms with Gasteiger partial charge in [0.05, 0.1) is 12.2 Å². The summed E-state index contributed by atoms with van der Waals surface area (Å²) in [4.78, 5) is 25.5. The maximum absolute atomic E-state index is 12.1. The standard InChI is InChI=1S/C11H18N4O3/c1-7-5-15(6-8(2)18-7)9-10(16)13(3)11(17)14(4)12-9/h7-8H,5-6H2,1-4H3/t7-,8-/m1/s1. The van der Waals surface area contributed by atoms with Crippen molar-refractivity contribution >= 4 is 5.82 Å². The molecular weight excluding hydrogens is 236 g/mol. The molecule has 18 heavy (non-hydrogen) atoms. The fourth-order valence-electron chi connectivity index (χ4n) is 2.23. The van der Waals surface area contributed by atoms with Gasteiger partial charge in [0.2, 0.25) is 5.82 Å². The molecule has 0 N–H and O–H groups in total. The quantitative estimate of drug-likeness (QED) is 0.649. The molecule has 0 radical (unpaired) electrons. The number of anilines is 1. The number of nitrogens with zero attached hydrogens (tertiary/aromatic N) is 4. The predicted molar refractivity (Wildman–Crippen MR) is 66.9 cm³/mol. The molecule has 0 saturated carbocycles.